The summed E-state index contributed by atoms with van der Waals surface area (Å²) in [7, 11) is 0. The third-order valence-corrected chi connectivity index (χ3v) is 1.67. The third kappa shape index (κ3) is 6.38. The standard InChI is InChI=1S/C10H20O2/c1-3-5-7-10(6-4-2)12-9-8-11/h4,6,10-11H,3,5,7-9H2,1-2H3/b6-4+. The number of rotatable bonds is 7. The van der Waals surface area contributed by atoms with Crippen LogP contribution in [0.3, 0.4) is 0 Å². The van der Waals surface area contributed by atoms with Gasteiger partial charge in [-0.1, -0.05) is 31.9 Å². The largest absolute Gasteiger partial charge is 0.394 e. The smallest absolute Gasteiger partial charge is 0.0756 e. The third-order valence-electron chi connectivity index (χ3n) is 1.67. The molecule has 1 N–H and O–H groups in total. The molecule has 2 nitrogen and oxygen atoms in total. The fraction of sp³-hybridized carbons (Fsp3) is 0.800. The van der Waals surface area contributed by atoms with Gasteiger partial charge in [0, 0.05) is 0 Å². The topological polar surface area (TPSA) is 29.5 Å². The van der Waals surface area contributed by atoms with Crippen LogP contribution in [0.15, 0.2) is 12.2 Å². The zero-order chi connectivity index (χ0) is 9.23. The van der Waals surface area contributed by atoms with Crippen LogP contribution in [0.25, 0.3) is 0 Å². The van der Waals surface area contributed by atoms with Crippen LogP contribution < -0.4 is 0 Å². The van der Waals surface area contributed by atoms with E-state index in [1.807, 2.05) is 19.1 Å². The first-order valence-corrected chi connectivity index (χ1v) is 4.70. The SMILES string of the molecule is C/C=C/C(CCCC)OCCO. The van der Waals surface area contributed by atoms with Crippen LogP contribution in [0.4, 0.5) is 0 Å². The van der Waals surface area contributed by atoms with Gasteiger partial charge in [-0.05, 0) is 13.3 Å². The Morgan fingerprint density at radius 3 is 2.75 bits per heavy atom. The summed E-state index contributed by atoms with van der Waals surface area (Å²) in [4.78, 5) is 0. The molecule has 1 atom stereocenters. The highest BCUT2D eigenvalue weighted by molar-refractivity contribution is 4.86. The van der Waals surface area contributed by atoms with Crippen LogP contribution >= 0.6 is 0 Å². The molecule has 2 heteroatoms. The van der Waals surface area contributed by atoms with Crippen LogP contribution in [0, 0.1) is 0 Å². The molecule has 0 rings (SSSR count). The summed E-state index contributed by atoms with van der Waals surface area (Å²) in [6.45, 7) is 4.71. The lowest BCUT2D eigenvalue weighted by Gasteiger charge is -2.12. The molecule has 0 amide bonds. The van der Waals surface area contributed by atoms with Crippen LogP contribution in [0.1, 0.15) is 33.1 Å². The minimum absolute atomic E-state index is 0.111. The van der Waals surface area contributed by atoms with Crippen molar-refractivity contribution in [2.24, 2.45) is 0 Å². The van der Waals surface area contributed by atoms with Crippen molar-refractivity contribution in [1.82, 2.24) is 0 Å². The molecule has 0 aromatic carbocycles. The number of allylic oxidation sites excluding steroid dienone is 1. The molecule has 0 radical (unpaired) electrons. The first kappa shape index (κ1) is 11.7. The van der Waals surface area contributed by atoms with Gasteiger partial charge in [-0.25, -0.2) is 0 Å². The molecule has 72 valence electrons. The molecule has 12 heavy (non-hydrogen) atoms. The van der Waals surface area contributed by atoms with Crippen molar-refractivity contribution in [2.45, 2.75) is 39.2 Å². The number of ether oxygens (including phenoxy) is 1. The molecule has 0 aromatic rings. The maximum Gasteiger partial charge on any atom is 0.0756 e. The van der Waals surface area contributed by atoms with Crippen molar-refractivity contribution in [3.63, 3.8) is 0 Å². The molecule has 0 aliphatic heterocycles. The van der Waals surface area contributed by atoms with Gasteiger partial charge in [0.2, 0.25) is 0 Å². The van der Waals surface area contributed by atoms with Crippen LogP contribution in [0.5, 0.6) is 0 Å². The molecule has 0 fully saturated rings. The van der Waals surface area contributed by atoms with Crippen molar-refractivity contribution in [3.8, 4) is 0 Å². The van der Waals surface area contributed by atoms with Gasteiger partial charge < -0.3 is 9.84 Å². The van der Waals surface area contributed by atoms with Gasteiger partial charge in [-0.3, -0.25) is 0 Å². The van der Waals surface area contributed by atoms with Gasteiger partial charge in [0.05, 0.1) is 19.3 Å². The summed E-state index contributed by atoms with van der Waals surface area (Å²) < 4.78 is 5.40. The number of aliphatic hydroxyl groups is 1. The number of unbranched alkanes of at least 4 members (excludes halogenated alkanes) is 1. The monoisotopic (exact) mass is 172 g/mol. The quantitative estimate of drug-likeness (QED) is 0.596. The van der Waals surface area contributed by atoms with Crippen LogP contribution in [-0.2, 0) is 4.74 Å². The Kier molecular flexibility index (Phi) is 8.51. The average molecular weight is 172 g/mol. The van der Waals surface area contributed by atoms with Gasteiger partial charge in [0.1, 0.15) is 0 Å². The summed E-state index contributed by atoms with van der Waals surface area (Å²) >= 11 is 0. The molecule has 0 aliphatic rings. The van der Waals surface area contributed by atoms with E-state index in [-0.39, 0.29) is 12.7 Å². The van der Waals surface area contributed by atoms with Gasteiger partial charge in [-0.2, -0.15) is 0 Å². The van der Waals surface area contributed by atoms with Gasteiger partial charge in [0.25, 0.3) is 0 Å². The van der Waals surface area contributed by atoms with Gasteiger partial charge in [-0.15, -0.1) is 0 Å². The Balaban J connectivity index is 3.54. The second-order valence-electron chi connectivity index (χ2n) is 2.80. The van der Waals surface area contributed by atoms with Crippen molar-refractivity contribution >= 4 is 0 Å². The highest BCUT2D eigenvalue weighted by Crippen LogP contribution is 2.05. The lowest BCUT2D eigenvalue weighted by molar-refractivity contribution is 0.0491. The second kappa shape index (κ2) is 8.75. The first-order valence-electron chi connectivity index (χ1n) is 4.70. The van der Waals surface area contributed by atoms with E-state index in [0.29, 0.717) is 6.61 Å². The minimum Gasteiger partial charge on any atom is -0.394 e. The Labute approximate surface area is 75.2 Å². The average Bonchev–Trinajstić information content (AvgIpc) is 2.10. The summed E-state index contributed by atoms with van der Waals surface area (Å²) in [5, 5.41) is 8.56. The maximum atomic E-state index is 8.56. The molecular formula is C10H20O2. The zero-order valence-electron chi connectivity index (χ0n) is 8.12. The van der Waals surface area contributed by atoms with E-state index in [1.165, 1.54) is 12.8 Å². The summed E-state index contributed by atoms with van der Waals surface area (Å²) in [5.41, 5.74) is 0. The fourth-order valence-electron chi connectivity index (χ4n) is 1.06. The van der Waals surface area contributed by atoms with Gasteiger partial charge in [0.15, 0.2) is 0 Å². The van der Waals surface area contributed by atoms with Crippen molar-refractivity contribution < 1.29 is 9.84 Å². The Morgan fingerprint density at radius 1 is 1.50 bits per heavy atom. The Bertz CT molecular complexity index is 102. The molecule has 0 bridgehead atoms. The molecule has 0 aliphatic carbocycles. The molecule has 0 spiro atoms. The van der Waals surface area contributed by atoms with E-state index in [2.05, 4.69) is 6.92 Å². The molecule has 0 aromatic heterocycles. The molecule has 0 heterocycles. The van der Waals surface area contributed by atoms with E-state index in [4.69, 9.17) is 9.84 Å². The lowest BCUT2D eigenvalue weighted by atomic mass is 10.1. The normalized spacial score (nSPS) is 13.9. The molecule has 0 saturated heterocycles. The first-order chi connectivity index (χ1) is 5.85. The molecule has 1 unspecified atom stereocenters. The minimum atomic E-state index is 0.111. The van der Waals surface area contributed by atoms with Crippen molar-refractivity contribution in [2.75, 3.05) is 13.2 Å². The molecule has 0 saturated carbocycles. The van der Waals surface area contributed by atoms with Crippen LogP contribution in [0.2, 0.25) is 0 Å². The summed E-state index contributed by atoms with van der Waals surface area (Å²) in [6.07, 6.45) is 7.67. The van der Waals surface area contributed by atoms with Crippen LogP contribution in [-0.4, -0.2) is 24.4 Å². The number of hydrogen-bond donors (Lipinski definition) is 1. The predicted molar refractivity (Wildman–Crippen MR) is 51.2 cm³/mol. The van der Waals surface area contributed by atoms with Gasteiger partial charge >= 0.3 is 0 Å². The molecular weight excluding hydrogens is 152 g/mol. The van der Waals surface area contributed by atoms with E-state index < -0.39 is 0 Å². The van der Waals surface area contributed by atoms with E-state index in [9.17, 15) is 0 Å². The van der Waals surface area contributed by atoms with E-state index >= 15 is 0 Å². The zero-order valence-corrected chi connectivity index (χ0v) is 8.12. The lowest BCUT2D eigenvalue weighted by Crippen LogP contribution is -2.12. The van der Waals surface area contributed by atoms with Crippen molar-refractivity contribution in [1.29, 1.82) is 0 Å². The Morgan fingerprint density at radius 2 is 2.25 bits per heavy atom. The second-order valence-corrected chi connectivity index (χ2v) is 2.80. The number of aliphatic hydroxyl groups excluding tert-OH is 1. The fourth-order valence-corrected chi connectivity index (χ4v) is 1.06. The highest BCUT2D eigenvalue weighted by Gasteiger charge is 2.02. The number of hydrogen-bond acceptors (Lipinski definition) is 2. The van der Waals surface area contributed by atoms with E-state index in [1.54, 1.807) is 0 Å². The Hall–Kier alpha value is -0.340. The highest BCUT2D eigenvalue weighted by atomic mass is 16.5. The summed E-state index contributed by atoms with van der Waals surface area (Å²) in [6, 6.07) is 0. The predicted octanol–water partition coefficient (Wildman–Crippen LogP) is 2.13. The summed E-state index contributed by atoms with van der Waals surface area (Å²) in [5.74, 6) is 0. The maximum absolute atomic E-state index is 8.56. The van der Waals surface area contributed by atoms with Crippen molar-refractivity contribution in [3.05, 3.63) is 12.2 Å². The van der Waals surface area contributed by atoms with E-state index in [0.717, 1.165) is 6.42 Å².